The lowest BCUT2D eigenvalue weighted by Gasteiger charge is -2.29. The van der Waals surface area contributed by atoms with Gasteiger partial charge in [-0.1, -0.05) is 18.2 Å². The molecule has 0 saturated heterocycles. The van der Waals surface area contributed by atoms with Gasteiger partial charge in [0.05, 0.1) is 18.5 Å². The number of hydrogen-bond acceptors (Lipinski definition) is 4. The van der Waals surface area contributed by atoms with E-state index >= 15 is 0 Å². The number of hydrogen-bond donors (Lipinski definition) is 0. The van der Waals surface area contributed by atoms with Gasteiger partial charge in [0.2, 0.25) is 0 Å². The van der Waals surface area contributed by atoms with Crippen LogP contribution >= 0.6 is 0 Å². The molecule has 148 valence electrons. The highest BCUT2D eigenvalue weighted by atomic mass is 16.5. The van der Waals surface area contributed by atoms with E-state index in [9.17, 15) is 0 Å². The Morgan fingerprint density at radius 2 is 1.69 bits per heavy atom. The molecule has 4 heteroatoms. The number of methoxy groups -OCH3 is 1. The normalized spacial score (nSPS) is 16.1. The largest absolute Gasteiger partial charge is 0.496 e. The van der Waals surface area contributed by atoms with Crippen molar-refractivity contribution >= 4 is 39.0 Å². The van der Waals surface area contributed by atoms with E-state index < -0.39 is 0 Å². The lowest BCUT2D eigenvalue weighted by Crippen LogP contribution is -2.36. The second-order valence-electron chi connectivity index (χ2n) is 8.09. The van der Waals surface area contributed by atoms with Crippen molar-refractivity contribution in [1.29, 1.82) is 0 Å². The first-order valence-electron chi connectivity index (χ1n) is 10.0. The fourth-order valence-electron chi connectivity index (χ4n) is 4.65. The van der Waals surface area contributed by atoms with Crippen LogP contribution in [0.5, 0.6) is 5.75 Å². The van der Waals surface area contributed by atoms with Crippen molar-refractivity contribution in [2.75, 3.05) is 24.0 Å². The monoisotopic (exact) mass is 386 g/mol. The van der Waals surface area contributed by atoms with Crippen LogP contribution in [-0.4, -0.2) is 20.3 Å². The minimum Gasteiger partial charge on any atom is -0.496 e. The van der Waals surface area contributed by atoms with Crippen molar-refractivity contribution in [3.8, 4) is 5.75 Å². The van der Waals surface area contributed by atoms with Crippen molar-refractivity contribution in [3.05, 3.63) is 59.2 Å². The van der Waals surface area contributed by atoms with Gasteiger partial charge in [0, 0.05) is 23.4 Å². The van der Waals surface area contributed by atoms with E-state index in [2.05, 4.69) is 87.0 Å². The maximum absolute atomic E-state index is 6.50. The maximum atomic E-state index is 6.50. The van der Waals surface area contributed by atoms with Gasteiger partial charge in [-0.3, -0.25) is 0 Å². The molecule has 0 bridgehead atoms. The van der Waals surface area contributed by atoms with Crippen LogP contribution in [0.2, 0.25) is 0 Å². The second kappa shape index (κ2) is 6.18. The van der Waals surface area contributed by atoms with E-state index in [1.807, 2.05) is 0 Å². The molecule has 0 unspecified atom stereocenters. The van der Waals surface area contributed by atoms with Gasteiger partial charge >= 0.3 is 0 Å². The van der Waals surface area contributed by atoms with Gasteiger partial charge in [-0.05, 0) is 63.1 Å². The summed E-state index contributed by atoms with van der Waals surface area (Å²) in [6, 6.07) is 15.1. The predicted molar refractivity (Wildman–Crippen MR) is 121 cm³/mol. The summed E-state index contributed by atoms with van der Waals surface area (Å²) in [5.74, 6) is 0.913. The molecule has 29 heavy (non-hydrogen) atoms. The number of para-hydroxylation sites is 1. The summed E-state index contributed by atoms with van der Waals surface area (Å²) in [5, 5.41) is 2.33. The van der Waals surface area contributed by atoms with Crippen LogP contribution in [0, 0.1) is 20.8 Å². The average molecular weight is 386 g/mol. The first kappa shape index (κ1) is 17.9. The zero-order valence-corrected chi connectivity index (χ0v) is 17.8. The van der Waals surface area contributed by atoms with Crippen molar-refractivity contribution in [3.63, 3.8) is 0 Å². The number of fused-ring (bicyclic) bond motifs is 5. The SMILES string of the molecule is COc1cc(C)cc(N2c3c(ccc4c3oc3c(C)cccc34)N(C)[C@@H]2C)c1C. The second-order valence-corrected chi connectivity index (χ2v) is 8.09. The van der Waals surface area contributed by atoms with Crippen molar-refractivity contribution < 1.29 is 9.15 Å². The van der Waals surface area contributed by atoms with Crippen LogP contribution in [0.3, 0.4) is 0 Å². The van der Waals surface area contributed by atoms with Gasteiger partial charge in [-0.2, -0.15) is 0 Å². The summed E-state index contributed by atoms with van der Waals surface area (Å²) >= 11 is 0. The molecule has 0 saturated carbocycles. The predicted octanol–water partition coefficient (Wildman–Crippen LogP) is 6.45. The summed E-state index contributed by atoms with van der Waals surface area (Å²) in [5.41, 5.74) is 8.86. The Labute approximate surface area is 171 Å². The molecular weight excluding hydrogens is 360 g/mol. The molecule has 1 atom stereocenters. The molecule has 1 aliphatic rings. The van der Waals surface area contributed by atoms with Crippen LogP contribution in [0.1, 0.15) is 23.6 Å². The highest BCUT2D eigenvalue weighted by Crippen LogP contribution is 2.51. The molecule has 1 aliphatic heterocycles. The molecule has 1 aromatic heterocycles. The summed E-state index contributed by atoms with van der Waals surface area (Å²) in [7, 11) is 3.88. The Hall–Kier alpha value is -3.14. The summed E-state index contributed by atoms with van der Waals surface area (Å²) in [6.45, 7) is 8.57. The van der Waals surface area contributed by atoms with Crippen molar-refractivity contribution in [1.82, 2.24) is 0 Å². The molecule has 0 N–H and O–H groups in total. The minimum absolute atomic E-state index is 0.162. The van der Waals surface area contributed by atoms with E-state index in [1.54, 1.807) is 7.11 Å². The Morgan fingerprint density at radius 3 is 2.45 bits per heavy atom. The van der Waals surface area contributed by atoms with Gasteiger partial charge in [0.25, 0.3) is 0 Å². The van der Waals surface area contributed by atoms with Crippen molar-refractivity contribution in [2.45, 2.75) is 33.9 Å². The third kappa shape index (κ3) is 2.38. The molecule has 3 aromatic carbocycles. The molecule has 0 spiro atoms. The third-order valence-corrected chi connectivity index (χ3v) is 6.33. The topological polar surface area (TPSA) is 28.9 Å². The standard InChI is InChI=1S/C25H26N2O2/c1-14-12-21(16(3)22(13-14)28-6)27-17(4)26(5)20-11-10-19-18-9-7-8-15(2)24(18)29-25(19)23(20)27/h7-13,17H,1-6H3/t17-/m0/s1. The Bertz CT molecular complexity index is 1270. The van der Waals surface area contributed by atoms with Gasteiger partial charge in [-0.15, -0.1) is 0 Å². The first-order chi connectivity index (χ1) is 13.9. The highest BCUT2D eigenvalue weighted by Gasteiger charge is 2.36. The van der Waals surface area contributed by atoms with E-state index in [4.69, 9.17) is 9.15 Å². The summed E-state index contributed by atoms with van der Waals surface area (Å²) < 4.78 is 12.2. The number of rotatable bonds is 2. The number of anilines is 3. The lowest BCUT2D eigenvalue weighted by atomic mass is 10.1. The lowest BCUT2D eigenvalue weighted by molar-refractivity contribution is 0.411. The number of aryl methyl sites for hydroxylation is 2. The molecule has 0 amide bonds. The van der Waals surface area contributed by atoms with Crippen LogP contribution in [0.25, 0.3) is 21.9 Å². The van der Waals surface area contributed by atoms with Gasteiger partial charge in [0.1, 0.15) is 23.2 Å². The summed E-state index contributed by atoms with van der Waals surface area (Å²) in [6.07, 6.45) is 0.162. The highest BCUT2D eigenvalue weighted by molar-refractivity contribution is 6.13. The Morgan fingerprint density at radius 1 is 0.931 bits per heavy atom. The zero-order chi connectivity index (χ0) is 20.4. The Kier molecular flexibility index (Phi) is 3.82. The number of furan rings is 1. The maximum Gasteiger partial charge on any atom is 0.161 e. The summed E-state index contributed by atoms with van der Waals surface area (Å²) in [4.78, 5) is 4.70. The molecule has 4 aromatic rings. The average Bonchev–Trinajstić information content (AvgIpc) is 3.21. The van der Waals surface area contributed by atoms with E-state index in [0.29, 0.717) is 0 Å². The first-order valence-corrected chi connectivity index (χ1v) is 10.0. The van der Waals surface area contributed by atoms with E-state index in [0.717, 1.165) is 44.8 Å². The van der Waals surface area contributed by atoms with E-state index in [1.165, 1.54) is 16.6 Å². The molecule has 5 rings (SSSR count). The van der Waals surface area contributed by atoms with Gasteiger partial charge < -0.3 is 19.0 Å². The van der Waals surface area contributed by atoms with Crippen LogP contribution in [0.4, 0.5) is 17.1 Å². The molecule has 2 heterocycles. The quantitative estimate of drug-likeness (QED) is 0.396. The van der Waals surface area contributed by atoms with Crippen LogP contribution in [-0.2, 0) is 0 Å². The fraction of sp³-hybridized carbons (Fsp3) is 0.280. The molecule has 0 aliphatic carbocycles. The van der Waals surface area contributed by atoms with Crippen molar-refractivity contribution in [2.24, 2.45) is 0 Å². The minimum atomic E-state index is 0.162. The van der Waals surface area contributed by atoms with Gasteiger partial charge in [0.15, 0.2) is 5.58 Å². The molecule has 4 nitrogen and oxygen atoms in total. The van der Waals surface area contributed by atoms with E-state index in [-0.39, 0.29) is 6.17 Å². The van der Waals surface area contributed by atoms with Crippen LogP contribution < -0.4 is 14.5 Å². The van der Waals surface area contributed by atoms with Crippen LogP contribution in [0.15, 0.2) is 46.9 Å². The Balaban J connectivity index is 1.86. The number of ether oxygens (including phenoxy) is 1. The number of nitrogens with zero attached hydrogens (tertiary/aromatic N) is 2. The third-order valence-electron chi connectivity index (χ3n) is 6.33. The molecular formula is C25H26N2O2. The molecule has 0 radical (unpaired) electrons. The fourth-order valence-corrected chi connectivity index (χ4v) is 4.65. The number of benzene rings is 3. The van der Waals surface area contributed by atoms with Gasteiger partial charge in [-0.25, -0.2) is 0 Å². The molecule has 0 fully saturated rings. The smallest absolute Gasteiger partial charge is 0.161 e. The zero-order valence-electron chi connectivity index (χ0n) is 17.8.